The monoisotopic (exact) mass is 491 g/mol. The predicted octanol–water partition coefficient (Wildman–Crippen LogP) is 3.36. The third kappa shape index (κ3) is 3.52. The smallest absolute Gasteiger partial charge is 0.399 e. The molecule has 5 rings (SSSR count). The fourth-order valence-corrected chi connectivity index (χ4v) is 5.67. The van der Waals surface area contributed by atoms with Crippen LogP contribution in [-0.4, -0.2) is 51.3 Å². The van der Waals surface area contributed by atoms with E-state index in [1.165, 1.54) is 11.3 Å². The van der Waals surface area contributed by atoms with Crippen molar-refractivity contribution in [2.75, 3.05) is 13.2 Å². The number of nitrogens with zero attached hydrogens (tertiary/aromatic N) is 5. The van der Waals surface area contributed by atoms with Crippen molar-refractivity contribution in [1.29, 1.82) is 5.26 Å². The van der Waals surface area contributed by atoms with Crippen LogP contribution in [0.1, 0.15) is 32.1 Å². The molecule has 166 valence electrons. The highest BCUT2D eigenvalue weighted by Crippen LogP contribution is 2.42. The fourth-order valence-electron chi connectivity index (χ4n) is 4.04. The number of thiophene rings is 1. The van der Waals surface area contributed by atoms with Gasteiger partial charge in [-0.1, -0.05) is 11.6 Å². The lowest BCUT2D eigenvalue weighted by Gasteiger charge is -2.39. The molecule has 0 saturated carbocycles. The molecule has 2 fully saturated rings. The van der Waals surface area contributed by atoms with E-state index in [1.54, 1.807) is 10.9 Å². The van der Waals surface area contributed by atoms with E-state index in [0.717, 1.165) is 20.6 Å². The van der Waals surface area contributed by atoms with E-state index in [9.17, 15) is 5.26 Å². The Bertz CT molecular complexity index is 1240. The van der Waals surface area contributed by atoms with Crippen molar-refractivity contribution in [2.45, 2.75) is 50.4 Å². The van der Waals surface area contributed by atoms with Crippen molar-refractivity contribution in [3.05, 3.63) is 33.8 Å². The zero-order valence-electron chi connectivity index (χ0n) is 17.8. The number of rotatable bonds is 5. The standard InChI is InChI=1S/C20H20BCl2N5O3S/c1-18(2)19(3,7-13-6-14-15(32-13)16(22)27-17(23)26-14)31-21(30-18)12-8-25-28(9-12)20(4-5-24)10-29-11-20/h6,8-9H,4,7,10-11H2,1-3H3. The Morgan fingerprint density at radius 1 is 1.25 bits per heavy atom. The SMILES string of the molecule is CC1(C)OB(c2cnn(C3(CC#N)COC3)c2)OC1(C)Cc1cc2nc(Cl)nc(Cl)c2s1. The summed E-state index contributed by atoms with van der Waals surface area (Å²) in [6.45, 7) is 7.02. The molecule has 2 aliphatic heterocycles. The number of aromatic nitrogens is 4. The lowest BCUT2D eigenvalue weighted by Crippen LogP contribution is -2.52. The number of ether oxygens (including phenoxy) is 1. The van der Waals surface area contributed by atoms with Crippen LogP contribution < -0.4 is 5.46 Å². The first-order valence-electron chi connectivity index (χ1n) is 10.1. The molecule has 0 aromatic carbocycles. The average molecular weight is 492 g/mol. The molecular weight excluding hydrogens is 472 g/mol. The second-order valence-corrected chi connectivity index (χ2v) is 10.8. The van der Waals surface area contributed by atoms with E-state index in [1.807, 2.05) is 33.0 Å². The zero-order valence-corrected chi connectivity index (χ0v) is 20.1. The van der Waals surface area contributed by atoms with Crippen molar-refractivity contribution < 1.29 is 14.0 Å². The summed E-state index contributed by atoms with van der Waals surface area (Å²) in [5, 5.41) is 14.1. The summed E-state index contributed by atoms with van der Waals surface area (Å²) in [5.74, 6) is 0. The summed E-state index contributed by atoms with van der Waals surface area (Å²) in [4.78, 5) is 9.35. The van der Waals surface area contributed by atoms with Crippen molar-refractivity contribution >= 4 is 57.3 Å². The van der Waals surface area contributed by atoms with Crippen LogP contribution in [0.2, 0.25) is 10.4 Å². The Morgan fingerprint density at radius 3 is 2.72 bits per heavy atom. The number of halogens is 2. The predicted molar refractivity (Wildman–Crippen MR) is 122 cm³/mol. The van der Waals surface area contributed by atoms with Gasteiger partial charge < -0.3 is 14.0 Å². The molecule has 12 heteroatoms. The summed E-state index contributed by atoms with van der Waals surface area (Å²) in [5.41, 5.74) is -0.0775. The minimum Gasteiger partial charge on any atom is -0.399 e. The molecule has 0 N–H and O–H groups in total. The highest BCUT2D eigenvalue weighted by molar-refractivity contribution is 7.19. The van der Waals surface area contributed by atoms with Gasteiger partial charge in [0.05, 0.1) is 47.1 Å². The quantitative estimate of drug-likeness (QED) is 0.306. The van der Waals surface area contributed by atoms with Gasteiger partial charge in [-0.15, -0.1) is 11.3 Å². The molecule has 8 nitrogen and oxygen atoms in total. The molecule has 0 amide bonds. The summed E-state index contributed by atoms with van der Waals surface area (Å²) >= 11 is 13.7. The summed E-state index contributed by atoms with van der Waals surface area (Å²) in [6, 6.07) is 4.20. The second kappa shape index (κ2) is 7.65. The largest absolute Gasteiger partial charge is 0.498 e. The number of fused-ring (bicyclic) bond motifs is 1. The van der Waals surface area contributed by atoms with E-state index in [4.69, 9.17) is 37.2 Å². The maximum Gasteiger partial charge on any atom is 0.498 e. The molecule has 0 radical (unpaired) electrons. The van der Waals surface area contributed by atoms with Crippen LogP contribution in [0.3, 0.4) is 0 Å². The van der Waals surface area contributed by atoms with E-state index >= 15 is 0 Å². The molecule has 1 unspecified atom stereocenters. The van der Waals surface area contributed by atoms with Gasteiger partial charge in [-0.3, -0.25) is 4.68 Å². The molecule has 0 aliphatic carbocycles. The molecule has 32 heavy (non-hydrogen) atoms. The van der Waals surface area contributed by atoms with Crippen LogP contribution in [0, 0.1) is 11.3 Å². The molecular formula is C20H20BCl2N5O3S. The molecule has 5 heterocycles. The Kier molecular flexibility index (Phi) is 5.28. The van der Waals surface area contributed by atoms with Gasteiger partial charge in [0.15, 0.2) is 5.15 Å². The molecule has 1 atom stereocenters. The van der Waals surface area contributed by atoms with Gasteiger partial charge in [-0.05, 0) is 38.4 Å². The Morgan fingerprint density at radius 2 is 2.03 bits per heavy atom. The van der Waals surface area contributed by atoms with E-state index in [0.29, 0.717) is 31.2 Å². The van der Waals surface area contributed by atoms with Gasteiger partial charge in [0.25, 0.3) is 0 Å². The first-order valence-corrected chi connectivity index (χ1v) is 11.7. The van der Waals surface area contributed by atoms with Gasteiger partial charge >= 0.3 is 7.12 Å². The minimum atomic E-state index is -0.617. The van der Waals surface area contributed by atoms with Crippen molar-refractivity contribution in [2.24, 2.45) is 0 Å². The topological polar surface area (TPSA) is 95.1 Å². The first kappa shape index (κ1) is 22.1. The molecule has 2 saturated heterocycles. The van der Waals surface area contributed by atoms with Gasteiger partial charge in [0.1, 0.15) is 5.54 Å². The number of nitriles is 1. The van der Waals surface area contributed by atoms with Crippen LogP contribution in [-0.2, 0) is 26.0 Å². The van der Waals surface area contributed by atoms with Crippen LogP contribution in [0.5, 0.6) is 0 Å². The van der Waals surface area contributed by atoms with E-state index in [-0.39, 0.29) is 5.28 Å². The van der Waals surface area contributed by atoms with Crippen LogP contribution >= 0.6 is 34.5 Å². The van der Waals surface area contributed by atoms with Crippen molar-refractivity contribution in [1.82, 2.24) is 19.7 Å². The lowest BCUT2D eigenvalue weighted by molar-refractivity contribution is -0.104. The van der Waals surface area contributed by atoms with Gasteiger partial charge in [0, 0.05) is 29.2 Å². The molecule has 0 bridgehead atoms. The molecule has 0 spiro atoms. The van der Waals surface area contributed by atoms with Gasteiger partial charge in [-0.25, -0.2) is 9.97 Å². The third-order valence-corrected chi connectivity index (χ3v) is 8.10. The third-order valence-electron chi connectivity index (χ3n) is 6.42. The van der Waals surface area contributed by atoms with Crippen molar-refractivity contribution in [3.63, 3.8) is 0 Å². The second-order valence-electron chi connectivity index (χ2n) is 8.97. The minimum absolute atomic E-state index is 0.127. The van der Waals surface area contributed by atoms with Crippen LogP contribution in [0.25, 0.3) is 10.2 Å². The fraction of sp³-hybridized carbons (Fsp3) is 0.500. The average Bonchev–Trinajstić information content (AvgIpc) is 3.35. The lowest BCUT2D eigenvalue weighted by atomic mass is 9.81. The molecule has 3 aromatic rings. The maximum atomic E-state index is 9.19. The first-order chi connectivity index (χ1) is 15.1. The highest BCUT2D eigenvalue weighted by atomic mass is 35.5. The van der Waals surface area contributed by atoms with Crippen molar-refractivity contribution in [3.8, 4) is 6.07 Å². The molecule has 3 aromatic heterocycles. The van der Waals surface area contributed by atoms with E-state index in [2.05, 4.69) is 21.1 Å². The summed E-state index contributed by atoms with van der Waals surface area (Å²) < 4.78 is 20.8. The Hall–Kier alpha value is -1.74. The van der Waals surface area contributed by atoms with E-state index < -0.39 is 23.9 Å². The van der Waals surface area contributed by atoms with Crippen LogP contribution in [0.4, 0.5) is 0 Å². The summed E-state index contributed by atoms with van der Waals surface area (Å²) in [6.07, 6.45) is 4.57. The summed E-state index contributed by atoms with van der Waals surface area (Å²) in [7, 11) is -0.573. The van der Waals surface area contributed by atoms with Crippen LogP contribution in [0.15, 0.2) is 18.5 Å². The highest BCUT2D eigenvalue weighted by Gasteiger charge is 2.55. The Labute approximate surface area is 199 Å². The Balaban J connectivity index is 1.40. The zero-order chi connectivity index (χ0) is 22.7. The number of hydrogen-bond acceptors (Lipinski definition) is 8. The maximum absolute atomic E-state index is 9.19. The van der Waals surface area contributed by atoms with Gasteiger partial charge in [-0.2, -0.15) is 10.4 Å². The molecule has 2 aliphatic rings. The normalized spacial score (nSPS) is 23.9. The number of hydrogen-bond donors (Lipinski definition) is 0. The van der Waals surface area contributed by atoms with Gasteiger partial charge in [0.2, 0.25) is 5.28 Å².